The molecule has 1 aromatic rings. The Morgan fingerprint density at radius 1 is 1.38 bits per heavy atom. The van der Waals surface area contributed by atoms with Crippen molar-refractivity contribution in [1.29, 1.82) is 0 Å². The number of ether oxygens (including phenoxy) is 2. The summed E-state index contributed by atoms with van der Waals surface area (Å²) in [5.41, 5.74) is 2.99. The molecular weight excluding hydrogens is 308 g/mol. The number of hydrogen-bond donors (Lipinski definition) is 3. The maximum Gasteiger partial charge on any atom is 0.315 e. The summed E-state index contributed by atoms with van der Waals surface area (Å²) in [4.78, 5) is 12.1. The molecule has 1 heterocycles. The predicted molar refractivity (Wildman–Crippen MR) is 92.0 cm³/mol. The largest absolute Gasteiger partial charge is 0.387 e. The highest BCUT2D eigenvalue weighted by atomic mass is 16.5. The van der Waals surface area contributed by atoms with Gasteiger partial charge in [0, 0.05) is 20.3 Å². The molecule has 2 amide bonds. The summed E-state index contributed by atoms with van der Waals surface area (Å²) < 4.78 is 10.8. The molecule has 1 aliphatic rings. The molecule has 6 heteroatoms. The van der Waals surface area contributed by atoms with E-state index in [9.17, 15) is 9.90 Å². The number of aliphatic hydroxyl groups is 1. The third kappa shape index (κ3) is 5.47. The first-order valence-corrected chi connectivity index (χ1v) is 8.40. The molecule has 3 N–H and O–H groups in total. The molecule has 24 heavy (non-hydrogen) atoms. The van der Waals surface area contributed by atoms with Crippen LogP contribution in [0.1, 0.15) is 35.6 Å². The van der Waals surface area contributed by atoms with Crippen molar-refractivity contribution < 1.29 is 19.4 Å². The minimum absolute atomic E-state index is 0.0138. The molecular formula is C18H28N2O4. The molecule has 0 unspecified atom stereocenters. The second kappa shape index (κ2) is 9.01. The molecule has 3 atom stereocenters. The Bertz CT molecular complexity index is 524. The van der Waals surface area contributed by atoms with E-state index in [1.54, 1.807) is 7.11 Å². The van der Waals surface area contributed by atoms with Crippen LogP contribution < -0.4 is 10.6 Å². The van der Waals surface area contributed by atoms with Gasteiger partial charge >= 0.3 is 6.03 Å². The zero-order chi connectivity index (χ0) is 17.5. The van der Waals surface area contributed by atoms with Crippen molar-refractivity contribution in [2.24, 2.45) is 0 Å². The van der Waals surface area contributed by atoms with Crippen LogP contribution in [0.2, 0.25) is 0 Å². The zero-order valence-electron chi connectivity index (χ0n) is 14.7. The van der Waals surface area contributed by atoms with Gasteiger partial charge in [0.15, 0.2) is 0 Å². The first-order valence-electron chi connectivity index (χ1n) is 8.40. The average molecular weight is 336 g/mol. The normalized spacial score (nSPS) is 19.8. The summed E-state index contributed by atoms with van der Waals surface area (Å²) in [5.74, 6) is 0. The van der Waals surface area contributed by atoms with E-state index in [1.165, 1.54) is 0 Å². The van der Waals surface area contributed by atoms with Gasteiger partial charge in [0.2, 0.25) is 0 Å². The molecule has 1 aliphatic heterocycles. The second-order valence-electron chi connectivity index (χ2n) is 6.40. The van der Waals surface area contributed by atoms with Crippen LogP contribution in [0.15, 0.2) is 18.2 Å². The number of aryl methyl sites for hydroxylation is 2. The summed E-state index contributed by atoms with van der Waals surface area (Å²) in [5, 5.41) is 15.9. The van der Waals surface area contributed by atoms with Crippen LogP contribution in [-0.2, 0) is 9.47 Å². The van der Waals surface area contributed by atoms with E-state index in [4.69, 9.17) is 9.47 Å². The third-order valence-electron chi connectivity index (χ3n) is 4.16. The van der Waals surface area contributed by atoms with E-state index in [0.29, 0.717) is 6.61 Å². The first-order chi connectivity index (χ1) is 11.5. The number of nitrogens with one attached hydrogen (secondary N) is 2. The molecule has 6 nitrogen and oxygen atoms in total. The number of amides is 2. The summed E-state index contributed by atoms with van der Waals surface area (Å²) in [6.07, 6.45) is 1.16. The van der Waals surface area contributed by atoms with E-state index in [2.05, 4.69) is 10.6 Å². The average Bonchev–Trinajstić information content (AvgIpc) is 3.05. The van der Waals surface area contributed by atoms with Crippen LogP contribution in [0, 0.1) is 13.8 Å². The lowest BCUT2D eigenvalue weighted by Crippen LogP contribution is -2.50. The van der Waals surface area contributed by atoms with Gasteiger partial charge in [0.25, 0.3) is 0 Å². The fraction of sp³-hybridized carbons (Fsp3) is 0.611. The van der Waals surface area contributed by atoms with Crippen molar-refractivity contribution >= 4 is 6.03 Å². The van der Waals surface area contributed by atoms with Crippen LogP contribution in [0.5, 0.6) is 0 Å². The molecule has 2 rings (SSSR count). The van der Waals surface area contributed by atoms with E-state index >= 15 is 0 Å². The number of carbonyl (C=O) groups is 1. The van der Waals surface area contributed by atoms with Crippen LogP contribution in [0.4, 0.5) is 4.79 Å². The Morgan fingerprint density at radius 2 is 2.08 bits per heavy atom. The van der Waals surface area contributed by atoms with E-state index in [0.717, 1.165) is 36.1 Å². The highest BCUT2D eigenvalue weighted by molar-refractivity contribution is 5.74. The highest BCUT2D eigenvalue weighted by Gasteiger charge is 2.27. The lowest BCUT2D eigenvalue weighted by Gasteiger charge is -2.24. The van der Waals surface area contributed by atoms with Crippen molar-refractivity contribution in [3.8, 4) is 0 Å². The lowest BCUT2D eigenvalue weighted by molar-refractivity contribution is 0.0468. The monoisotopic (exact) mass is 336 g/mol. The maximum atomic E-state index is 12.1. The number of benzene rings is 1. The highest BCUT2D eigenvalue weighted by Crippen LogP contribution is 2.17. The molecule has 1 aromatic carbocycles. The van der Waals surface area contributed by atoms with Gasteiger partial charge in [-0.2, -0.15) is 0 Å². The Labute approximate surface area is 143 Å². The summed E-state index contributed by atoms with van der Waals surface area (Å²) in [6.45, 7) is 5.25. The van der Waals surface area contributed by atoms with Gasteiger partial charge in [-0.3, -0.25) is 0 Å². The smallest absolute Gasteiger partial charge is 0.315 e. The molecule has 1 saturated heterocycles. The zero-order valence-corrected chi connectivity index (χ0v) is 14.7. The van der Waals surface area contributed by atoms with Crippen molar-refractivity contribution in [3.63, 3.8) is 0 Å². The van der Waals surface area contributed by atoms with Gasteiger partial charge < -0.3 is 25.2 Å². The maximum absolute atomic E-state index is 12.1. The topological polar surface area (TPSA) is 79.8 Å². The Morgan fingerprint density at radius 3 is 2.67 bits per heavy atom. The standard InChI is InChI=1S/C18H28N2O4/c1-12-7-13(2)9-14(8-12)16(21)10-19-18(22)20-15(11-23-3)17-5-4-6-24-17/h7-9,15-17,21H,4-6,10-11H2,1-3H3,(H2,19,20,22)/t15-,16+,17+/m0/s1. The van der Waals surface area contributed by atoms with Crippen molar-refractivity contribution in [2.75, 3.05) is 26.9 Å². The third-order valence-corrected chi connectivity index (χ3v) is 4.16. The number of aliphatic hydroxyl groups excluding tert-OH is 1. The van der Waals surface area contributed by atoms with E-state index < -0.39 is 6.10 Å². The fourth-order valence-electron chi connectivity index (χ4n) is 3.07. The Balaban J connectivity index is 1.84. The van der Waals surface area contributed by atoms with Crippen molar-refractivity contribution in [1.82, 2.24) is 10.6 Å². The number of urea groups is 1. The van der Waals surface area contributed by atoms with Crippen molar-refractivity contribution in [2.45, 2.75) is 44.9 Å². The number of carbonyl (C=O) groups excluding carboxylic acids is 1. The minimum Gasteiger partial charge on any atom is -0.387 e. The Hall–Kier alpha value is -1.63. The van der Waals surface area contributed by atoms with Crippen molar-refractivity contribution in [3.05, 3.63) is 34.9 Å². The van der Waals surface area contributed by atoms with E-state index in [1.807, 2.05) is 32.0 Å². The summed E-state index contributed by atoms with van der Waals surface area (Å²) in [6, 6.07) is 5.40. The quantitative estimate of drug-likeness (QED) is 0.710. The molecule has 0 radical (unpaired) electrons. The molecule has 1 fully saturated rings. The molecule has 0 saturated carbocycles. The van der Waals surface area contributed by atoms with E-state index in [-0.39, 0.29) is 24.7 Å². The molecule has 0 bridgehead atoms. The number of rotatable bonds is 7. The Kier molecular flexibility index (Phi) is 7.02. The minimum atomic E-state index is -0.738. The second-order valence-corrected chi connectivity index (χ2v) is 6.40. The van der Waals surface area contributed by atoms with Gasteiger partial charge in [-0.05, 0) is 32.3 Å². The number of methoxy groups -OCH3 is 1. The first kappa shape index (κ1) is 18.7. The number of hydrogen-bond acceptors (Lipinski definition) is 4. The van der Waals surface area contributed by atoms with Gasteiger partial charge in [-0.25, -0.2) is 4.79 Å². The van der Waals surface area contributed by atoms with Gasteiger partial charge in [-0.15, -0.1) is 0 Å². The predicted octanol–water partition coefficient (Wildman–Crippen LogP) is 1.83. The van der Waals surface area contributed by atoms with Gasteiger partial charge in [-0.1, -0.05) is 29.3 Å². The molecule has 134 valence electrons. The molecule has 0 aromatic heterocycles. The van der Waals surface area contributed by atoms with Gasteiger partial charge in [0.05, 0.1) is 24.9 Å². The summed E-state index contributed by atoms with van der Waals surface area (Å²) >= 11 is 0. The molecule has 0 aliphatic carbocycles. The van der Waals surface area contributed by atoms with Gasteiger partial charge in [0.1, 0.15) is 0 Å². The summed E-state index contributed by atoms with van der Waals surface area (Å²) in [7, 11) is 1.60. The van der Waals surface area contributed by atoms with Crippen LogP contribution >= 0.6 is 0 Å². The van der Waals surface area contributed by atoms with Crippen LogP contribution in [0.3, 0.4) is 0 Å². The lowest BCUT2D eigenvalue weighted by atomic mass is 10.0. The molecule has 0 spiro atoms. The SMILES string of the molecule is COC[C@H](NC(=O)NC[C@@H](O)c1cc(C)cc(C)c1)[C@H]1CCCO1. The fourth-order valence-corrected chi connectivity index (χ4v) is 3.07. The van der Waals surface area contributed by atoms with Crippen LogP contribution in [0.25, 0.3) is 0 Å². The van der Waals surface area contributed by atoms with Crippen LogP contribution in [-0.4, -0.2) is 50.2 Å².